The Labute approximate surface area is 111 Å². The molecule has 102 valence electrons. The number of hydrogen-bond donors (Lipinski definition) is 0. The van der Waals surface area contributed by atoms with Crippen LogP contribution in [0.5, 0.6) is 5.88 Å². The summed E-state index contributed by atoms with van der Waals surface area (Å²) in [5.74, 6) is 0.549. The van der Waals surface area contributed by atoms with Crippen molar-refractivity contribution in [2.75, 3.05) is 13.7 Å². The second-order valence-electron chi connectivity index (χ2n) is 4.06. The summed E-state index contributed by atoms with van der Waals surface area (Å²) in [6.45, 7) is 6.06. The maximum Gasteiger partial charge on any atom is 0.358 e. The predicted molar refractivity (Wildman–Crippen MR) is 69.6 cm³/mol. The van der Waals surface area contributed by atoms with Crippen LogP contribution in [-0.4, -0.2) is 34.1 Å². The fraction of sp³-hybridized carbons (Fsp3) is 0.462. The number of hydrogen-bond acceptors (Lipinski definition) is 5. The van der Waals surface area contributed by atoms with Gasteiger partial charge in [-0.1, -0.05) is 6.92 Å². The van der Waals surface area contributed by atoms with Crippen LogP contribution in [-0.2, 0) is 11.2 Å². The molecule has 2 aromatic heterocycles. The molecule has 0 aliphatic heterocycles. The molecule has 2 heterocycles. The molecule has 19 heavy (non-hydrogen) atoms. The Balaban J connectivity index is 2.59. The van der Waals surface area contributed by atoms with Gasteiger partial charge in [0.05, 0.1) is 13.7 Å². The van der Waals surface area contributed by atoms with Crippen molar-refractivity contribution in [3.63, 3.8) is 0 Å². The Morgan fingerprint density at radius 3 is 2.68 bits per heavy atom. The van der Waals surface area contributed by atoms with Gasteiger partial charge in [0.1, 0.15) is 0 Å². The van der Waals surface area contributed by atoms with Crippen molar-refractivity contribution < 1.29 is 14.3 Å². The van der Waals surface area contributed by atoms with Crippen LogP contribution in [0, 0.1) is 6.92 Å². The molecular weight excluding hydrogens is 246 g/mol. The highest BCUT2D eigenvalue weighted by molar-refractivity contribution is 5.87. The second-order valence-corrected chi connectivity index (χ2v) is 4.06. The van der Waals surface area contributed by atoms with Crippen LogP contribution in [0.1, 0.15) is 35.6 Å². The van der Waals surface area contributed by atoms with E-state index in [0.29, 0.717) is 18.3 Å². The lowest BCUT2D eigenvalue weighted by Crippen LogP contribution is -2.04. The van der Waals surface area contributed by atoms with Crippen LogP contribution >= 0.6 is 0 Å². The fourth-order valence-corrected chi connectivity index (χ4v) is 2.03. The van der Waals surface area contributed by atoms with E-state index < -0.39 is 5.97 Å². The van der Waals surface area contributed by atoms with Crippen LogP contribution in [0.25, 0.3) is 5.78 Å². The molecular formula is C13H17N3O3. The molecule has 0 N–H and O–H groups in total. The number of rotatable bonds is 4. The van der Waals surface area contributed by atoms with Gasteiger partial charge in [0.15, 0.2) is 5.69 Å². The van der Waals surface area contributed by atoms with Crippen molar-refractivity contribution >= 4 is 11.7 Å². The predicted octanol–water partition coefficient (Wildman–Crippen LogP) is 1.79. The number of nitrogens with zero attached hydrogens (tertiary/aromatic N) is 3. The lowest BCUT2D eigenvalue weighted by atomic mass is 10.2. The van der Waals surface area contributed by atoms with Crippen molar-refractivity contribution in [2.45, 2.75) is 27.2 Å². The average Bonchev–Trinajstić information content (AvgIpc) is 2.83. The maximum absolute atomic E-state index is 11.7. The van der Waals surface area contributed by atoms with Gasteiger partial charge in [-0.3, -0.25) is 4.40 Å². The Bertz CT molecular complexity index is 619. The van der Waals surface area contributed by atoms with Gasteiger partial charge in [-0.2, -0.15) is 4.98 Å². The minimum absolute atomic E-state index is 0.257. The third kappa shape index (κ3) is 2.25. The third-order valence-electron chi connectivity index (χ3n) is 2.98. The molecule has 2 aromatic rings. The van der Waals surface area contributed by atoms with Gasteiger partial charge in [0.2, 0.25) is 11.7 Å². The molecule has 0 aliphatic carbocycles. The van der Waals surface area contributed by atoms with Crippen LogP contribution in [0.15, 0.2) is 6.20 Å². The van der Waals surface area contributed by atoms with Crippen molar-refractivity contribution in [3.8, 4) is 5.88 Å². The first-order chi connectivity index (χ1) is 9.12. The highest BCUT2D eigenvalue weighted by Gasteiger charge is 2.17. The average molecular weight is 263 g/mol. The minimum Gasteiger partial charge on any atom is -0.481 e. The number of aryl methyl sites for hydroxylation is 1. The number of ether oxygens (including phenoxy) is 2. The molecule has 6 heteroatoms. The SMILES string of the molecule is CCOC(=O)c1cn2c(C)c(CC)c(OC)nc2n1. The summed E-state index contributed by atoms with van der Waals surface area (Å²) < 4.78 is 12.0. The van der Waals surface area contributed by atoms with E-state index >= 15 is 0 Å². The Morgan fingerprint density at radius 2 is 2.11 bits per heavy atom. The van der Waals surface area contributed by atoms with E-state index in [1.54, 1.807) is 24.6 Å². The van der Waals surface area contributed by atoms with Crippen LogP contribution in [0.3, 0.4) is 0 Å². The first-order valence-electron chi connectivity index (χ1n) is 6.22. The number of carbonyl (C=O) groups is 1. The standard InChI is InChI=1S/C13H17N3O3/c1-5-9-8(3)16-7-10(12(17)19-6-2)14-13(16)15-11(9)18-4/h7H,5-6H2,1-4H3. The topological polar surface area (TPSA) is 65.7 Å². The zero-order valence-corrected chi connectivity index (χ0v) is 11.6. The molecule has 0 fully saturated rings. The normalized spacial score (nSPS) is 10.7. The molecule has 0 amide bonds. The van der Waals surface area contributed by atoms with Gasteiger partial charge in [0, 0.05) is 17.5 Å². The highest BCUT2D eigenvalue weighted by Crippen LogP contribution is 2.22. The van der Waals surface area contributed by atoms with E-state index in [9.17, 15) is 4.79 Å². The lowest BCUT2D eigenvalue weighted by molar-refractivity contribution is 0.0520. The molecule has 0 aromatic carbocycles. The van der Waals surface area contributed by atoms with Gasteiger partial charge >= 0.3 is 5.97 Å². The molecule has 0 aliphatic rings. The summed E-state index contributed by atoms with van der Waals surface area (Å²) >= 11 is 0. The molecule has 0 atom stereocenters. The van der Waals surface area contributed by atoms with E-state index in [0.717, 1.165) is 17.7 Å². The maximum atomic E-state index is 11.7. The number of esters is 1. The highest BCUT2D eigenvalue weighted by atomic mass is 16.5. The Hall–Kier alpha value is -2.11. The second kappa shape index (κ2) is 5.26. The molecule has 0 saturated heterocycles. The lowest BCUT2D eigenvalue weighted by Gasteiger charge is -2.10. The first-order valence-corrected chi connectivity index (χ1v) is 6.22. The molecule has 2 rings (SSSR count). The number of imidazole rings is 1. The smallest absolute Gasteiger partial charge is 0.358 e. The Morgan fingerprint density at radius 1 is 1.37 bits per heavy atom. The number of carbonyl (C=O) groups excluding carboxylic acids is 1. The van der Waals surface area contributed by atoms with Gasteiger partial charge in [-0.15, -0.1) is 0 Å². The monoisotopic (exact) mass is 263 g/mol. The minimum atomic E-state index is -0.440. The number of aromatic nitrogens is 3. The molecule has 0 radical (unpaired) electrons. The van der Waals surface area contributed by atoms with Crippen molar-refractivity contribution in [1.82, 2.24) is 14.4 Å². The van der Waals surface area contributed by atoms with E-state index in [2.05, 4.69) is 9.97 Å². The first kappa shape index (κ1) is 13.3. The van der Waals surface area contributed by atoms with Gasteiger partial charge in [-0.25, -0.2) is 9.78 Å². The molecule has 0 spiro atoms. The largest absolute Gasteiger partial charge is 0.481 e. The summed E-state index contributed by atoms with van der Waals surface area (Å²) in [5, 5.41) is 0. The van der Waals surface area contributed by atoms with Crippen molar-refractivity contribution in [1.29, 1.82) is 0 Å². The fourth-order valence-electron chi connectivity index (χ4n) is 2.03. The molecule has 0 unspecified atom stereocenters. The summed E-state index contributed by atoms with van der Waals surface area (Å²) in [5.41, 5.74) is 2.22. The number of methoxy groups -OCH3 is 1. The number of fused-ring (bicyclic) bond motifs is 1. The van der Waals surface area contributed by atoms with Crippen LogP contribution in [0.2, 0.25) is 0 Å². The van der Waals surface area contributed by atoms with E-state index in [-0.39, 0.29) is 5.69 Å². The van der Waals surface area contributed by atoms with Gasteiger partial charge in [0.25, 0.3) is 0 Å². The van der Waals surface area contributed by atoms with Crippen molar-refractivity contribution in [2.24, 2.45) is 0 Å². The zero-order valence-electron chi connectivity index (χ0n) is 11.6. The summed E-state index contributed by atoms with van der Waals surface area (Å²) in [7, 11) is 1.58. The van der Waals surface area contributed by atoms with Gasteiger partial charge < -0.3 is 9.47 Å². The van der Waals surface area contributed by atoms with Crippen LogP contribution in [0.4, 0.5) is 0 Å². The summed E-state index contributed by atoms with van der Waals surface area (Å²) in [6, 6.07) is 0. The third-order valence-corrected chi connectivity index (χ3v) is 2.98. The molecule has 6 nitrogen and oxygen atoms in total. The molecule has 0 bridgehead atoms. The van der Waals surface area contributed by atoms with Gasteiger partial charge in [-0.05, 0) is 20.3 Å². The van der Waals surface area contributed by atoms with Crippen molar-refractivity contribution in [3.05, 3.63) is 23.1 Å². The summed E-state index contributed by atoms with van der Waals surface area (Å²) in [4.78, 5) is 20.2. The Kier molecular flexibility index (Phi) is 3.69. The van der Waals surface area contributed by atoms with E-state index in [1.165, 1.54) is 0 Å². The zero-order chi connectivity index (χ0) is 14.0. The molecule has 0 saturated carbocycles. The van der Waals surface area contributed by atoms with E-state index in [1.807, 2.05) is 13.8 Å². The van der Waals surface area contributed by atoms with E-state index in [4.69, 9.17) is 9.47 Å². The summed E-state index contributed by atoms with van der Waals surface area (Å²) in [6.07, 6.45) is 2.44. The van der Waals surface area contributed by atoms with Crippen LogP contribution < -0.4 is 4.74 Å². The quantitative estimate of drug-likeness (QED) is 0.787.